The lowest BCUT2D eigenvalue weighted by Gasteiger charge is -2.19. The number of amides is 3. The molecule has 164 valence electrons. The van der Waals surface area contributed by atoms with Crippen LogP contribution in [0, 0.1) is 23.7 Å². The van der Waals surface area contributed by atoms with Crippen molar-refractivity contribution in [3.8, 4) is 0 Å². The Morgan fingerprint density at radius 3 is 2.50 bits per heavy atom. The first-order chi connectivity index (χ1) is 15.2. The second kappa shape index (κ2) is 7.05. The molecule has 0 aromatic heterocycles. The van der Waals surface area contributed by atoms with Crippen molar-refractivity contribution in [3.63, 3.8) is 0 Å². The number of carbonyl (C=O) groups excluding carboxylic acids is 3. The largest absolute Gasteiger partial charge is 0.418 e. The average molecular weight is 440 g/mol. The van der Waals surface area contributed by atoms with Gasteiger partial charge in [-0.3, -0.25) is 14.4 Å². The van der Waals surface area contributed by atoms with Crippen molar-refractivity contribution < 1.29 is 27.6 Å². The molecule has 4 atom stereocenters. The summed E-state index contributed by atoms with van der Waals surface area (Å²) < 4.78 is 39.7. The maximum absolute atomic E-state index is 13.2. The lowest BCUT2D eigenvalue weighted by Crippen LogP contribution is -2.33. The molecule has 5 nitrogen and oxygen atoms in total. The summed E-state index contributed by atoms with van der Waals surface area (Å²) in [5, 5.41) is 2.29. The maximum atomic E-state index is 13.2. The summed E-state index contributed by atoms with van der Waals surface area (Å²) in [5.41, 5.74) is 0.116. The molecule has 5 rings (SSSR count). The minimum atomic E-state index is -4.62. The molecule has 0 radical (unpaired) electrons. The Hall–Kier alpha value is -3.42. The van der Waals surface area contributed by atoms with Gasteiger partial charge in [0, 0.05) is 5.56 Å². The number of fused-ring (bicyclic) bond motifs is 5. The summed E-state index contributed by atoms with van der Waals surface area (Å²) in [5.74, 6) is -1.97. The van der Waals surface area contributed by atoms with E-state index in [-0.39, 0.29) is 52.4 Å². The van der Waals surface area contributed by atoms with Gasteiger partial charge in [-0.05, 0) is 55.5 Å². The summed E-state index contributed by atoms with van der Waals surface area (Å²) in [6, 6.07) is 10.5. The highest BCUT2D eigenvalue weighted by molar-refractivity contribution is 6.23. The molecule has 0 spiro atoms. The first-order valence-corrected chi connectivity index (χ1v) is 10.3. The van der Waals surface area contributed by atoms with Crippen LogP contribution in [0.4, 0.5) is 24.5 Å². The van der Waals surface area contributed by atoms with E-state index >= 15 is 0 Å². The van der Waals surface area contributed by atoms with E-state index in [1.54, 1.807) is 6.07 Å². The number of benzene rings is 2. The van der Waals surface area contributed by atoms with E-state index in [9.17, 15) is 27.6 Å². The third kappa shape index (κ3) is 3.04. The molecule has 1 heterocycles. The summed E-state index contributed by atoms with van der Waals surface area (Å²) in [6.45, 7) is 1.98. The number of imide groups is 1. The number of allylic oxidation sites excluding steroid dienone is 2. The Morgan fingerprint density at radius 2 is 1.75 bits per heavy atom. The van der Waals surface area contributed by atoms with E-state index in [2.05, 4.69) is 11.4 Å². The zero-order valence-corrected chi connectivity index (χ0v) is 17.0. The molecular formula is C24H19F3N2O3. The number of nitrogens with one attached hydrogen (secondary N) is 1. The van der Waals surface area contributed by atoms with Crippen LogP contribution in [0.2, 0.25) is 0 Å². The number of alkyl halides is 3. The molecule has 2 bridgehead atoms. The van der Waals surface area contributed by atoms with Crippen LogP contribution in [-0.4, -0.2) is 17.7 Å². The van der Waals surface area contributed by atoms with Crippen LogP contribution in [0.3, 0.4) is 0 Å². The van der Waals surface area contributed by atoms with Crippen molar-refractivity contribution in [1.29, 1.82) is 0 Å². The number of anilines is 2. The molecule has 0 unspecified atom stereocenters. The van der Waals surface area contributed by atoms with Gasteiger partial charge in [0.2, 0.25) is 11.8 Å². The predicted octanol–water partition coefficient (Wildman–Crippen LogP) is 4.66. The standard InChI is InChI=1S/C24H19F3N2O3/c1-12-9-14-11-16(12)20-19(14)22(31)29(23(20)32)15-6-4-5-13(10-15)21(30)28-18-8-3-2-7-17(18)24(25,26)27/h2-10,14,16,19-20H,11H2,1H3,(H,28,30)/t14-,16+,19-,20-/m0/s1. The molecule has 1 aliphatic heterocycles. The SMILES string of the molecule is CC1=C[C@H]2C[C@H]1[C@@H]1C(=O)N(c3cccc(C(=O)Nc4ccccc4C(F)(F)F)c3)C(=O)[C@H]12. The first-order valence-electron chi connectivity index (χ1n) is 10.3. The van der Waals surface area contributed by atoms with Crippen LogP contribution in [0.25, 0.3) is 0 Å². The topological polar surface area (TPSA) is 66.5 Å². The minimum absolute atomic E-state index is 0.0504. The zero-order valence-electron chi connectivity index (χ0n) is 17.0. The molecule has 1 N–H and O–H groups in total. The summed E-state index contributed by atoms with van der Waals surface area (Å²) in [7, 11) is 0. The van der Waals surface area contributed by atoms with Crippen molar-refractivity contribution in [3.05, 3.63) is 71.3 Å². The summed E-state index contributed by atoms with van der Waals surface area (Å²) in [4.78, 5) is 40.0. The lowest BCUT2D eigenvalue weighted by molar-refractivity contribution is -0.137. The fourth-order valence-electron chi connectivity index (χ4n) is 5.35. The quantitative estimate of drug-likeness (QED) is 0.558. The summed E-state index contributed by atoms with van der Waals surface area (Å²) >= 11 is 0. The number of halogens is 3. The Bertz CT molecular complexity index is 1190. The van der Waals surface area contributed by atoms with Gasteiger partial charge in [0.15, 0.2) is 0 Å². The third-order valence-electron chi connectivity index (χ3n) is 6.73. The van der Waals surface area contributed by atoms with Crippen molar-refractivity contribution in [2.24, 2.45) is 23.7 Å². The molecule has 2 aromatic carbocycles. The van der Waals surface area contributed by atoms with Crippen molar-refractivity contribution >= 4 is 29.1 Å². The number of carbonyl (C=O) groups is 3. The van der Waals surface area contributed by atoms with E-state index in [1.165, 1.54) is 36.4 Å². The molecule has 1 saturated heterocycles. The minimum Gasteiger partial charge on any atom is -0.321 e. The van der Waals surface area contributed by atoms with Crippen LogP contribution in [-0.2, 0) is 15.8 Å². The van der Waals surface area contributed by atoms with Gasteiger partial charge < -0.3 is 5.32 Å². The lowest BCUT2D eigenvalue weighted by atomic mass is 9.82. The van der Waals surface area contributed by atoms with E-state index in [0.717, 1.165) is 23.0 Å². The summed E-state index contributed by atoms with van der Waals surface area (Å²) in [6.07, 6.45) is -1.74. The number of hydrogen-bond acceptors (Lipinski definition) is 3. The van der Waals surface area contributed by atoms with Gasteiger partial charge in [-0.2, -0.15) is 13.2 Å². The number of para-hydroxylation sites is 1. The smallest absolute Gasteiger partial charge is 0.321 e. The van der Waals surface area contributed by atoms with Gasteiger partial charge in [-0.25, -0.2) is 4.90 Å². The van der Waals surface area contributed by atoms with Gasteiger partial charge in [-0.1, -0.05) is 29.8 Å². The number of nitrogens with zero attached hydrogens (tertiary/aromatic N) is 1. The number of rotatable bonds is 3. The van der Waals surface area contributed by atoms with Crippen molar-refractivity contribution in [2.75, 3.05) is 10.2 Å². The number of hydrogen-bond donors (Lipinski definition) is 1. The molecule has 32 heavy (non-hydrogen) atoms. The Labute approximate surface area is 181 Å². The van der Waals surface area contributed by atoms with Gasteiger partial charge >= 0.3 is 6.18 Å². The van der Waals surface area contributed by atoms with Gasteiger partial charge in [0.05, 0.1) is 28.8 Å². The van der Waals surface area contributed by atoms with Crippen LogP contribution >= 0.6 is 0 Å². The molecule has 3 amide bonds. The van der Waals surface area contributed by atoms with E-state index in [0.29, 0.717) is 0 Å². The van der Waals surface area contributed by atoms with E-state index in [1.807, 2.05) is 6.92 Å². The van der Waals surface area contributed by atoms with E-state index < -0.39 is 17.6 Å². The highest BCUT2D eigenvalue weighted by Crippen LogP contribution is 2.55. The fourth-order valence-corrected chi connectivity index (χ4v) is 5.35. The maximum Gasteiger partial charge on any atom is 0.418 e. The second-order valence-corrected chi connectivity index (χ2v) is 8.53. The highest BCUT2D eigenvalue weighted by atomic mass is 19.4. The molecule has 2 aliphatic carbocycles. The molecular weight excluding hydrogens is 421 g/mol. The highest BCUT2D eigenvalue weighted by Gasteiger charge is 2.60. The molecule has 2 aromatic rings. The normalized spacial score (nSPS) is 26.4. The van der Waals surface area contributed by atoms with Crippen LogP contribution < -0.4 is 10.2 Å². The third-order valence-corrected chi connectivity index (χ3v) is 6.73. The Balaban J connectivity index is 1.41. The first kappa shape index (κ1) is 20.5. The monoisotopic (exact) mass is 440 g/mol. The second-order valence-electron chi connectivity index (χ2n) is 8.53. The molecule has 2 fully saturated rings. The fraction of sp³-hybridized carbons (Fsp3) is 0.292. The predicted molar refractivity (Wildman–Crippen MR) is 111 cm³/mol. The van der Waals surface area contributed by atoms with Crippen molar-refractivity contribution in [1.82, 2.24) is 0 Å². The van der Waals surface area contributed by atoms with Gasteiger partial charge in [0.1, 0.15) is 0 Å². The Morgan fingerprint density at radius 1 is 1.03 bits per heavy atom. The van der Waals surface area contributed by atoms with Crippen LogP contribution in [0.5, 0.6) is 0 Å². The van der Waals surface area contributed by atoms with E-state index in [4.69, 9.17) is 0 Å². The Kier molecular flexibility index (Phi) is 4.51. The van der Waals surface area contributed by atoms with Gasteiger partial charge in [0.25, 0.3) is 5.91 Å². The average Bonchev–Trinajstić information content (AvgIpc) is 3.38. The molecule has 3 aliphatic rings. The van der Waals surface area contributed by atoms with Crippen molar-refractivity contribution in [2.45, 2.75) is 19.5 Å². The van der Waals surface area contributed by atoms with Crippen LogP contribution in [0.15, 0.2) is 60.2 Å². The zero-order chi connectivity index (χ0) is 22.8. The van der Waals surface area contributed by atoms with Gasteiger partial charge in [-0.15, -0.1) is 0 Å². The van der Waals surface area contributed by atoms with Crippen LogP contribution in [0.1, 0.15) is 29.3 Å². The molecule has 1 saturated carbocycles. The molecule has 8 heteroatoms.